The van der Waals surface area contributed by atoms with Crippen molar-refractivity contribution in [3.05, 3.63) is 72.7 Å². The molecule has 1 aliphatic heterocycles. The molecule has 1 aliphatic rings. The summed E-state index contributed by atoms with van der Waals surface area (Å²) in [5, 5.41) is 6.41. The second kappa shape index (κ2) is 6.27. The number of hydrogen-bond acceptors (Lipinski definition) is 5. The summed E-state index contributed by atoms with van der Waals surface area (Å²) < 4.78 is 21.4. The molecule has 0 radical (unpaired) electrons. The van der Waals surface area contributed by atoms with E-state index in [2.05, 4.69) is 20.6 Å². The molecule has 26 heavy (non-hydrogen) atoms. The first-order chi connectivity index (χ1) is 12.6. The molecule has 132 valence electrons. The van der Waals surface area contributed by atoms with E-state index in [-0.39, 0.29) is 5.82 Å². The molecule has 0 aliphatic carbocycles. The number of allylic oxidation sites excluding steroid dienone is 1. The Labute approximate surface area is 150 Å². The van der Waals surface area contributed by atoms with E-state index < -0.39 is 5.72 Å². The van der Waals surface area contributed by atoms with Crippen LogP contribution in [0.4, 0.5) is 10.2 Å². The Kier molecular flexibility index (Phi) is 3.93. The lowest BCUT2D eigenvalue weighted by Crippen LogP contribution is -2.41. The number of imidazole rings is 1. The highest BCUT2D eigenvalue weighted by Crippen LogP contribution is 2.25. The standard InChI is InChI=1S/C19H18FN5O/c1-19(26-2)8-7-13(11-22-19)23-17-18-21-9-10-25(18)12-16(24-17)14-5-3-4-6-15(14)20/h3-12,22H,1-2H3,(H,23,24). The predicted molar refractivity (Wildman–Crippen MR) is 97.8 cm³/mol. The van der Waals surface area contributed by atoms with Gasteiger partial charge in [-0.1, -0.05) is 12.1 Å². The molecule has 2 N–H and O–H groups in total. The molecule has 1 unspecified atom stereocenters. The van der Waals surface area contributed by atoms with Crippen LogP contribution in [0.25, 0.3) is 16.9 Å². The van der Waals surface area contributed by atoms with E-state index in [4.69, 9.17) is 4.74 Å². The Morgan fingerprint density at radius 1 is 1.31 bits per heavy atom. The molecule has 0 spiro atoms. The monoisotopic (exact) mass is 351 g/mol. The van der Waals surface area contributed by atoms with Crippen LogP contribution >= 0.6 is 0 Å². The lowest BCUT2D eigenvalue weighted by molar-refractivity contribution is 0.0294. The fourth-order valence-electron chi connectivity index (χ4n) is 2.72. The van der Waals surface area contributed by atoms with Crippen molar-refractivity contribution in [2.24, 2.45) is 0 Å². The van der Waals surface area contributed by atoms with Crippen molar-refractivity contribution in [2.75, 3.05) is 12.4 Å². The van der Waals surface area contributed by atoms with Gasteiger partial charge < -0.3 is 19.8 Å². The topological polar surface area (TPSA) is 63.5 Å². The molecule has 6 nitrogen and oxygen atoms in total. The van der Waals surface area contributed by atoms with Crippen LogP contribution in [0.3, 0.4) is 0 Å². The maximum atomic E-state index is 14.2. The molecular weight excluding hydrogens is 333 g/mol. The molecule has 1 atom stereocenters. The van der Waals surface area contributed by atoms with Gasteiger partial charge in [-0.05, 0) is 31.2 Å². The summed E-state index contributed by atoms with van der Waals surface area (Å²) in [6.07, 6.45) is 10.9. The van der Waals surface area contributed by atoms with Crippen LogP contribution in [0.5, 0.6) is 0 Å². The van der Waals surface area contributed by atoms with Crippen LogP contribution in [0.1, 0.15) is 6.92 Å². The maximum absolute atomic E-state index is 14.2. The molecule has 0 saturated carbocycles. The van der Waals surface area contributed by atoms with Crippen LogP contribution < -0.4 is 10.6 Å². The molecule has 3 heterocycles. The fourth-order valence-corrected chi connectivity index (χ4v) is 2.72. The molecule has 2 aromatic heterocycles. The number of methoxy groups -OCH3 is 1. The first kappa shape index (κ1) is 16.3. The summed E-state index contributed by atoms with van der Waals surface area (Å²) in [7, 11) is 1.64. The van der Waals surface area contributed by atoms with Gasteiger partial charge in [0.1, 0.15) is 5.82 Å². The van der Waals surface area contributed by atoms with Crippen molar-refractivity contribution in [2.45, 2.75) is 12.6 Å². The SMILES string of the molecule is COC1(C)C=CC(Nc2nc(-c3ccccc3F)cn3ccnc23)=CN1. The van der Waals surface area contributed by atoms with Gasteiger partial charge in [-0.15, -0.1) is 0 Å². The number of dihydropyridines is 1. The van der Waals surface area contributed by atoms with Gasteiger partial charge in [-0.25, -0.2) is 14.4 Å². The van der Waals surface area contributed by atoms with Crippen molar-refractivity contribution in [3.63, 3.8) is 0 Å². The van der Waals surface area contributed by atoms with Gasteiger partial charge in [0, 0.05) is 37.5 Å². The third-order valence-corrected chi connectivity index (χ3v) is 4.31. The third-order valence-electron chi connectivity index (χ3n) is 4.31. The van der Waals surface area contributed by atoms with E-state index in [1.165, 1.54) is 6.07 Å². The van der Waals surface area contributed by atoms with Crippen LogP contribution in [0, 0.1) is 5.82 Å². The van der Waals surface area contributed by atoms with E-state index >= 15 is 0 Å². The lowest BCUT2D eigenvalue weighted by Gasteiger charge is -2.28. The summed E-state index contributed by atoms with van der Waals surface area (Å²) in [5.74, 6) is 0.217. The highest BCUT2D eigenvalue weighted by molar-refractivity contribution is 5.71. The number of benzene rings is 1. The summed E-state index contributed by atoms with van der Waals surface area (Å²) in [5.41, 5.74) is 1.86. The number of hydrogen-bond donors (Lipinski definition) is 2. The normalized spacial score (nSPS) is 19.3. The van der Waals surface area contributed by atoms with Gasteiger partial charge in [0.15, 0.2) is 17.2 Å². The summed E-state index contributed by atoms with van der Waals surface area (Å²) in [4.78, 5) is 8.92. The van der Waals surface area contributed by atoms with Gasteiger partial charge >= 0.3 is 0 Å². The third kappa shape index (κ3) is 2.93. The van der Waals surface area contributed by atoms with Crippen molar-refractivity contribution >= 4 is 11.5 Å². The Morgan fingerprint density at radius 3 is 2.88 bits per heavy atom. The number of ether oxygens (including phenoxy) is 1. The number of halogens is 1. The molecule has 3 aromatic rings. The zero-order valence-electron chi connectivity index (χ0n) is 14.4. The Balaban J connectivity index is 1.73. The number of fused-ring (bicyclic) bond motifs is 1. The van der Waals surface area contributed by atoms with Gasteiger partial charge in [0.25, 0.3) is 0 Å². The van der Waals surface area contributed by atoms with E-state index in [1.807, 2.05) is 23.5 Å². The first-order valence-corrected chi connectivity index (χ1v) is 8.16. The maximum Gasteiger partial charge on any atom is 0.180 e. The average molecular weight is 351 g/mol. The molecule has 0 bridgehead atoms. The summed E-state index contributed by atoms with van der Waals surface area (Å²) in [6, 6.07) is 6.57. The Hall–Kier alpha value is -3.19. The minimum atomic E-state index is -0.545. The molecule has 0 fully saturated rings. The number of nitrogens with one attached hydrogen (secondary N) is 2. The lowest BCUT2D eigenvalue weighted by atomic mass is 10.1. The quantitative estimate of drug-likeness (QED) is 0.755. The smallest absolute Gasteiger partial charge is 0.180 e. The predicted octanol–water partition coefficient (Wildman–Crippen LogP) is 3.31. The van der Waals surface area contributed by atoms with E-state index in [9.17, 15) is 4.39 Å². The minimum Gasteiger partial charge on any atom is -0.359 e. The van der Waals surface area contributed by atoms with Crippen molar-refractivity contribution in [1.82, 2.24) is 19.7 Å². The van der Waals surface area contributed by atoms with E-state index in [0.717, 1.165) is 5.70 Å². The first-order valence-electron chi connectivity index (χ1n) is 8.16. The van der Waals surface area contributed by atoms with Crippen LogP contribution in [0.2, 0.25) is 0 Å². The highest BCUT2D eigenvalue weighted by atomic mass is 19.1. The fraction of sp³-hybridized carbons (Fsp3) is 0.158. The van der Waals surface area contributed by atoms with E-state index in [0.29, 0.717) is 22.7 Å². The zero-order valence-corrected chi connectivity index (χ0v) is 14.4. The zero-order chi connectivity index (χ0) is 18.1. The Bertz CT molecular complexity index is 1030. The summed E-state index contributed by atoms with van der Waals surface area (Å²) in [6.45, 7) is 1.92. The molecular formula is C19H18FN5O. The number of nitrogens with zero attached hydrogens (tertiary/aromatic N) is 3. The van der Waals surface area contributed by atoms with Gasteiger partial charge in [-0.3, -0.25) is 0 Å². The Morgan fingerprint density at radius 2 is 2.15 bits per heavy atom. The molecule has 7 heteroatoms. The molecule has 0 amide bonds. The van der Waals surface area contributed by atoms with Crippen LogP contribution in [-0.2, 0) is 4.74 Å². The molecule has 0 saturated heterocycles. The van der Waals surface area contributed by atoms with Crippen LogP contribution in [0.15, 0.2) is 66.9 Å². The van der Waals surface area contributed by atoms with E-state index in [1.54, 1.807) is 50.1 Å². The second-order valence-corrected chi connectivity index (χ2v) is 6.13. The largest absolute Gasteiger partial charge is 0.359 e. The molecule has 1 aromatic carbocycles. The summed E-state index contributed by atoms with van der Waals surface area (Å²) >= 11 is 0. The van der Waals surface area contributed by atoms with Crippen molar-refractivity contribution < 1.29 is 9.13 Å². The second-order valence-electron chi connectivity index (χ2n) is 6.13. The highest BCUT2D eigenvalue weighted by Gasteiger charge is 2.21. The number of aromatic nitrogens is 3. The minimum absolute atomic E-state index is 0.320. The van der Waals surface area contributed by atoms with Crippen molar-refractivity contribution in [3.8, 4) is 11.3 Å². The molecule has 4 rings (SSSR count). The number of anilines is 1. The van der Waals surface area contributed by atoms with Gasteiger partial charge in [0.2, 0.25) is 0 Å². The van der Waals surface area contributed by atoms with Gasteiger partial charge in [0.05, 0.1) is 11.4 Å². The number of rotatable bonds is 4. The van der Waals surface area contributed by atoms with Gasteiger partial charge in [-0.2, -0.15) is 0 Å². The van der Waals surface area contributed by atoms with Crippen LogP contribution in [-0.4, -0.2) is 27.2 Å². The van der Waals surface area contributed by atoms with Crippen molar-refractivity contribution in [1.29, 1.82) is 0 Å². The average Bonchev–Trinajstić information content (AvgIpc) is 3.13.